The van der Waals surface area contributed by atoms with Crippen molar-refractivity contribution in [1.82, 2.24) is 0 Å². The monoisotopic (exact) mass is 244 g/mol. The molecule has 0 unspecified atom stereocenters. The first-order valence-corrected chi connectivity index (χ1v) is 6.15. The summed E-state index contributed by atoms with van der Waals surface area (Å²) in [6.45, 7) is 15.6. The van der Waals surface area contributed by atoms with E-state index in [0.717, 1.165) is 0 Å². The Morgan fingerprint density at radius 2 is 0.529 bits per heavy atom. The lowest BCUT2D eigenvalue weighted by Crippen LogP contribution is -2.83. The van der Waals surface area contributed by atoms with E-state index in [9.17, 15) is 0 Å². The van der Waals surface area contributed by atoms with Crippen LogP contribution in [0.2, 0.25) is 0 Å². The number of rotatable bonds is 4. The maximum absolute atomic E-state index is 6.43. The number of hydrogen-bond donors (Lipinski definition) is 4. The van der Waals surface area contributed by atoms with Gasteiger partial charge in [-0.05, 0) is 55.4 Å². The lowest BCUT2D eigenvalue weighted by molar-refractivity contribution is -0.0692. The second-order valence-corrected chi connectivity index (χ2v) is 7.64. The van der Waals surface area contributed by atoms with E-state index in [1.807, 2.05) is 55.4 Å². The lowest BCUT2D eigenvalue weighted by Gasteiger charge is -2.65. The third kappa shape index (κ3) is 2.36. The van der Waals surface area contributed by atoms with Crippen LogP contribution in [-0.4, -0.2) is 22.2 Å². The van der Waals surface area contributed by atoms with E-state index in [0.29, 0.717) is 0 Å². The minimum atomic E-state index is -0.639. The Labute approximate surface area is 106 Å². The SMILES string of the molecule is CC(C)(N)C(C(C)(C)N)(C(C)(C)N)C(C)(C)N. The molecule has 0 aromatic heterocycles. The summed E-state index contributed by atoms with van der Waals surface area (Å²) in [6, 6.07) is 0. The van der Waals surface area contributed by atoms with Gasteiger partial charge < -0.3 is 22.9 Å². The topological polar surface area (TPSA) is 104 Å². The quantitative estimate of drug-likeness (QED) is 0.590. The molecule has 0 radical (unpaired) electrons. The van der Waals surface area contributed by atoms with Gasteiger partial charge in [-0.15, -0.1) is 0 Å². The van der Waals surface area contributed by atoms with Crippen molar-refractivity contribution in [3.63, 3.8) is 0 Å². The molecule has 0 aromatic rings. The molecule has 0 aromatic carbocycles. The summed E-state index contributed by atoms with van der Waals surface area (Å²) in [5, 5.41) is 0. The lowest BCUT2D eigenvalue weighted by atomic mass is 9.45. The van der Waals surface area contributed by atoms with E-state index in [4.69, 9.17) is 22.9 Å². The van der Waals surface area contributed by atoms with Crippen molar-refractivity contribution in [2.75, 3.05) is 0 Å². The van der Waals surface area contributed by atoms with Crippen LogP contribution in [0.15, 0.2) is 0 Å². The van der Waals surface area contributed by atoms with Gasteiger partial charge in [0.1, 0.15) is 0 Å². The van der Waals surface area contributed by atoms with E-state index in [1.54, 1.807) is 0 Å². The summed E-state index contributed by atoms with van der Waals surface area (Å²) in [5.41, 5.74) is 22.7. The molecule has 0 fully saturated rings. The molecule has 17 heavy (non-hydrogen) atoms. The molecule has 4 nitrogen and oxygen atoms in total. The summed E-state index contributed by atoms with van der Waals surface area (Å²) >= 11 is 0. The molecule has 0 aliphatic heterocycles. The average Bonchev–Trinajstić information content (AvgIpc) is 1.67. The molecule has 4 heteroatoms. The summed E-state index contributed by atoms with van der Waals surface area (Å²) < 4.78 is 0. The highest BCUT2D eigenvalue weighted by molar-refractivity contribution is 5.24. The van der Waals surface area contributed by atoms with Crippen molar-refractivity contribution >= 4 is 0 Å². The first-order chi connectivity index (χ1) is 7.00. The van der Waals surface area contributed by atoms with Gasteiger partial charge >= 0.3 is 0 Å². The minimum Gasteiger partial charge on any atom is -0.325 e. The summed E-state index contributed by atoms with van der Waals surface area (Å²) in [5.74, 6) is 0. The molecule has 0 rings (SSSR count). The summed E-state index contributed by atoms with van der Waals surface area (Å²) in [4.78, 5) is 0. The van der Waals surface area contributed by atoms with Crippen molar-refractivity contribution in [2.45, 2.75) is 77.5 Å². The second-order valence-electron chi connectivity index (χ2n) is 7.64. The van der Waals surface area contributed by atoms with Crippen LogP contribution in [0, 0.1) is 5.41 Å². The maximum atomic E-state index is 6.43. The second kappa shape index (κ2) is 3.92. The summed E-state index contributed by atoms with van der Waals surface area (Å²) in [7, 11) is 0. The molecule has 8 N–H and O–H groups in total. The average molecular weight is 244 g/mol. The number of nitrogens with two attached hydrogens (primary N) is 4. The van der Waals surface area contributed by atoms with Gasteiger partial charge in [-0.3, -0.25) is 0 Å². The fraction of sp³-hybridized carbons (Fsp3) is 1.00. The van der Waals surface area contributed by atoms with Gasteiger partial charge in [0.2, 0.25) is 0 Å². The fourth-order valence-corrected chi connectivity index (χ4v) is 4.98. The zero-order valence-corrected chi connectivity index (χ0v) is 12.8. The van der Waals surface area contributed by atoms with Gasteiger partial charge in [-0.2, -0.15) is 0 Å². The normalized spacial score (nSPS) is 16.2. The van der Waals surface area contributed by atoms with Gasteiger partial charge in [-0.25, -0.2) is 0 Å². The smallest absolute Gasteiger partial charge is 0.0400 e. The Balaban J connectivity index is 6.37. The minimum absolute atomic E-state index is 0.609. The van der Waals surface area contributed by atoms with Crippen LogP contribution in [0.3, 0.4) is 0 Å². The zero-order valence-electron chi connectivity index (χ0n) is 12.8. The molecule has 0 amide bonds. The highest BCUT2D eigenvalue weighted by Gasteiger charge is 2.65. The predicted molar refractivity (Wildman–Crippen MR) is 75.5 cm³/mol. The Morgan fingerprint density at radius 1 is 0.412 bits per heavy atom. The third-order valence-corrected chi connectivity index (χ3v) is 3.87. The van der Waals surface area contributed by atoms with Crippen molar-refractivity contribution in [3.05, 3.63) is 0 Å². The van der Waals surface area contributed by atoms with E-state index in [2.05, 4.69) is 0 Å². The molecule has 0 aliphatic rings. The largest absolute Gasteiger partial charge is 0.325 e. The molecule has 104 valence electrons. The molecule has 0 saturated heterocycles. The van der Waals surface area contributed by atoms with Crippen LogP contribution >= 0.6 is 0 Å². The van der Waals surface area contributed by atoms with Gasteiger partial charge in [0.05, 0.1) is 0 Å². The molecule has 0 heterocycles. The summed E-state index contributed by atoms with van der Waals surface area (Å²) in [6.07, 6.45) is 0. The highest BCUT2D eigenvalue weighted by Crippen LogP contribution is 2.52. The zero-order chi connectivity index (χ0) is 14.5. The highest BCUT2D eigenvalue weighted by atomic mass is 15.0. The van der Waals surface area contributed by atoms with Gasteiger partial charge in [0, 0.05) is 27.6 Å². The Kier molecular flexibility index (Phi) is 3.88. The van der Waals surface area contributed by atoms with Gasteiger partial charge in [0.25, 0.3) is 0 Å². The van der Waals surface area contributed by atoms with E-state index >= 15 is 0 Å². The Bertz CT molecular complexity index is 206. The van der Waals surface area contributed by atoms with Crippen molar-refractivity contribution in [3.8, 4) is 0 Å². The third-order valence-electron chi connectivity index (χ3n) is 3.87. The predicted octanol–water partition coefficient (Wildman–Crippen LogP) is 0.922. The van der Waals surface area contributed by atoms with Crippen molar-refractivity contribution < 1.29 is 0 Å². The molecule has 0 spiro atoms. The first kappa shape index (κ1) is 16.8. The van der Waals surface area contributed by atoms with Crippen LogP contribution in [0.5, 0.6) is 0 Å². The molecule has 0 saturated carbocycles. The Hall–Kier alpha value is -0.160. The Morgan fingerprint density at radius 3 is 0.529 bits per heavy atom. The fourth-order valence-electron chi connectivity index (χ4n) is 4.98. The van der Waals surface area contributed by atoms with Crippen molar-refractivity contribution in [1.29, 1.82) is 0 Å². The molecule has 0 bridgehead atoms. The standard InChI is InChI=1S/C13H32N4/c1-9(2,14)13(10(3,4)15,11(5,6)16)12(7,8)17/h14-17H2,1-8H3. The van der Waals surface area contributed by atoms with Crippen molar-refractivity contribution in [2.24, 2.45) is 28.3 Å². The number of hydrogen-bond acceptors (Lipinski definition) is 4. The van der Waals surface area contributed by atoms with E-state index in [-0.39, 0.29) is 0 Å². The van der Waals surface area contributed by atoms with Crippen LogP contribution in [0.25, 0.3) is 0 Å². The first-order valence-electron chi connectivity index (χ1n) is 6.15. The van der Waals surface area contributed by atoms with E-state index < -0.39 is 27.6 Å². The van der Waals surface area contributed by atoms with E-state index in [1.165, 1.54) is 0 Å². The molecule has 0 aliphatic carbocycles. The molecular weight excluding hydrogens is 212 g/mol. The molecular formula is C13H32N4. The van der Waals surface area contributed by atoms with Crippen LogP contribution < -0.4 is 22.9 Å². The van der Waals surface area contributed by atoms with Crippen LogP contribution in [0.1, 0.15) is 55.4 Å². The van der Waals surface area contributed by atoms with Crippen LogP contribution in [0.4, 0.5) is 0 Å². The van der Waals surface area contributed by atoms with Gasteiger partial charge in [0.15, 0.2) is 0 Å². The molecule has 0 atom stereocenters. The van der Waals surface area contributed by atoms with Gasteiger partial charge in [-0.1, -0.05) is 0 Å². The maximum Gasteiger partial charge on any atom is 0.0400 e. The van der Waals surface area contributed by atoms with Crippen LogP contribution in [-0.2, 0) is 0 Å².